The Hall–Kier alpha value is -0.860. The third-order valence-corrected chi connectivity index (χ3v) is 4.58. The predicted octanol–water partition coefficient (Wildman–Crippen LogP) is 3.56. The van der Waals surface area contributed by atoms with Crippen molar-refractivity contribution in [2.45, 2.75) is 59.0 Å². The molecule has 0 bridgehead atoms. The second kappa shape index (κ2) is 7.24. The average Bonchev–Trinajstić information content (AvgIpc) is 2.91. The molecule has 1 aliphatic rings. The van der Waals surface area contributed by atoms with Gasteiger partial charge in [0.05, 0.1) is 0 Å². The minimum atomic E-state index is 0.437. The van der Waals surface area contributed by atoms with Gasteiger partial charge in [-0.1, -0.05) is 32.0 Å². The van der Waals surface area contributed by atoms with Gasteiger partial charge in [0.15, 0.2) is 0 Å². The number of rotatable bonds is 7. The van der Waals surface area contributed by atoms with Crippen molar-refractivity contribution in [3.63, 3.8) is 0 Å². The number of hydrogen-bond donors (Lipinski definition) is 1. The summed E-state index contributed by atoms with van der Waals surface area (Å²) >= 11 is 0. The van der Waals surface area contributed by atoms with Gasteiger partial charge in [0.1, 0.15) is 0 Å². The van der Waals surface area contributed by atoms with Crippen LogP contribution in [-0.2, 0) is 12.8 Å². The number of benzene rings is 1. The lowest BCUT2D eigenvalue weighted by Gasteiger charge is -2.26. The number of nitrogens with zero attached hydrogens (tertiary/aromatic N) is 1. The monoisotopic (exact) mass is 274 g/mol. The molecule has 0 heterocycles. The highest BCUT2D eigenvalue weighted by Crippen LogP contribution is 2.25. The van der Waals surface area contributed by atoms with E-state index in [-0.39, 0.29) is 0 Å². The first kappa shape index (κ1) is 15.5. The molecule has 2 atom stereocenters. The van der Waals surface area contributed by atoms with Crippen LogP contribution >= 0.6 is 0 Å². The first-order chi connectivity index (χ1) is 9.63. The highest BCUT2D eigenvalue weighted by atomic mass is 15.1. The second-order valence-corrected chi connectivity index (χ2v) is 6.16. The fraction of sp³-hybridized carbons (Fsp3) is 0.667. The van der Waals surface area contributed by atoms with Crippen LogP contribution in [0.15, 0.2) is 18.2 Å². The van der Waals surface area contributed by atoms with Gasteiger partial charge in [0.25, 0.3) is 0 Å². The standard InChI is InChI=1S/C18H30N2/c1-5-20(6-2)13-14(3)19-15(4)17-11-10-16-8-7-9-18(16)12-17/h10-12,14-15,19H,5-9,13H2,1-4H3. The van der Waals surface area contributed by atoms with Crippen molar-refractivity contribution in [1.29, 1.82) is 0 Å². The molecule has 20 heavy (non-hydrogen) atoms. The molecule has 1 aromatic rings. The summed E-state index contributed by atoms with van der Waals surface area (Å²) < 4.78 is 0. The second-order valence-electron chi connectivity index (χ2n) is 6.16. The van der Waals surface area contributed by atoms with Crippen molar-refractivity contribution in [2.75, 3.05) is 19.6 Å². The molecule has 2 nitrogen and oxygen atoms in total. The van der Waals surface area contributed by atoms with Crippen LogP contribution in [0.3, 0.4) is 0 Å². The topological polar surface area (TPSA) is 15.3 Å². The Kier molecular flexibility index (Phi) is 5.62. The van der Waals surface area contributed by atoms with E-state index in [9.17, 15) is 0 Å². The lowest BCUT2D eigenvalue weighted by molar-refractivity contribution is 0.264. The quantitative estimate of drug-likeness (QED) is 0.818. The minimum Gasteiger partial charge on any atom is -0.306 e. The van der Waals surface area contributed by atoms with Crippen LogP contribution in [0.4, 0.5) is 0 Å². The molecule has 1 N–H and O–H groups in total. The molecule has 0 amide bonds. The fourth-order valence-corrected chi connectivity index (χ4v) is 3.31. The lowest BCUT2D eigenvalue weighted by Crippen LogP contribution is -2.40. The number of nitrogens with one attached hydrogen (secondary N) is 1. The average molecular weight is 274 g/mol. The molecule has 1 aromatic carbocycles. The molecular weight excluding hydrogens is 244 g/mol. The number of likely N-dealkylation sites (N-methyl/N-ethyl adjacent to an activating group) is 1. The summed E-state index contributed by atoms with van der Waals surface area (Å²) in [7, 11) is 0. The molecular formula is C18H30N2. The summed E-state index contributed by atoms with van der Waals surface area (Å²) in [6.07, 6.45) is 3.87. The van der Waals surface area contributed by atoms with Crippen LogP contribution in [0.2, 0.25) is 0 Å². The zero-order chi connectivity index (χ0) is 14.5. The summed E-state index contributed by atoms with van der Waals surface area (Å²) in [6, 6.07) is 8.03. The zero-order valence-corrected chi connectivity index (χ0v) is 13.6. The number of fused-ring (bicyclic) bond motifs is 1. The summed E-state index contributed by atoms with van der Waals surface area (Å²) in [6.45, 7) is 12.5. The van der Waals surface area contributed by atoms with E-state index >= 15 is 0 Å². The van der Waals surface area contributed by atoms with E-state index in [0.29, 0.717) is 12.1 Å². The molecule has 0 aromatic heterocycles. The summed E-state index contributed by atoms with van der Waals surface area (Å²) in [4.78, 5) is 2.48. The Labute approximate surface area is 124 Å². The van der Waals surface area contributed by atoms with E-state index in [0.717, 1.165) is 19.6 Å². The molecule has 2 heteroatoms. The van der Waals surface area contributed by atoms with Crippen LogP contribution in [0.25, 0.3) is 0 Å². The van der Waals surface area contributed by atoms with Gasteiger partial charge in [0.2, 0.25) is 0 Å². The molecule has 2 unspecified atom stereocenters. The van der Waals surface area contributed by atoms with Gasteiger partial charge in [-0.25, -0.2) is 0 Å². The lowest BCUT2D eigenvalue weighted by atomic mass is 10.0. The normalized spacial score (nSPS) is 17.2. The van der Waals surface area contributed by atoms with Crippen LogP contribution in [0.1, 0.15) is 56.8 Å². The smallest absolute Gasteiger partial charge is 0.0294 e. The van der Waals surface area contributed by atoms with Gasteiger partial charge >= 0.3 is 0 Å². The molecule has 0 aliphatic heterocycles. The maximum atomic E-state index is 3.74. The Bertz CT molecular complexity index is 423. The van der Waals surface area contributed by atoms with E-state index in [4.69, 9.17) is 0 Å². The third kappa shape index (κ3) is 3.83. The Morgan fingerprint density at radius 2 is 1.80 bits per heavy atom. The predicted molar refractivity (Wildman–Crippen MR) is 87.3 cm³/mol. The molecule has 0 fully saturated rings. The highest BCUT2D eigenvalue weighted by molar-refractivity contribution is 5.36. The van der Waals surface area contributed by atoms with Crippen molar-refractivity contribution in [2.24, 2.45) is 0 Å². The maximum Gasteiger partial charge on any atom is 0.0294 e. The first-order valence-electron chi connectivity index (χ1n) is 8.24. The SMILES string of the molecule is CCN(CC)CC(C)NC(C)c1ccc2c(c1)CCC2. The Morgan fingerprint density at radius 1 is 1.10 bits per heavy atom. The summed E-state index contributed by atoms with van der Waals surface area (Å²) in [5.74, 6) is 0. The largest absolute Gasteiger partial charge is 0.306 e. The summed E-state index contributed by atoms with van der Waals surface area (Å²) in [5, 5.41) is 3.74. The van der Waals surface area contributed by atoms with Crippen molar-refractivity contribution >= 4 is 0 Å². The van der Waals surface area contributed by atoms with E-state index in [2.05, 4.69) is 56.1 Å². The molecule has 0 spiro atoms. The minimum absolute atomic E-state index is 0.437. The molecule has 2 rings (SSSR count). The molecule has 0 radical (unpaired) electrons. The van der Waals surface area contributed by atoms with Crippen LogP contribution in [0.5, 0.6) is 0 Å². The van der Waals surface area contributed by atoms with Crippen molar-refractivity contribution in [3.05, 3.63) is 34.9 Å². The molecule has 0 saturated carbocycles. The van der Waals surface area contributed by atoms with Crippen LogP contribution in [-0.4, -0.2) is 30.6 Å². The number of hydrogen-bond acceptors (Lipinski definition) is 2. The van der Waals surface area contributed by atoms with Gasteiger partial charge in [-0.05, 0) is 62.9 Å². The zero-order valence-electron chi connectivity index (χ0n) is 13.6. The van der Waals surface area contributed by atoms with Crippen molar-refractivity contribution < 1.29 is 0 Å². The van der Waals surface area contributed by atoms with E-state index in [1.54, 1.807) is 11.1 Å². The van der Waals surface area contributed by atoms with Gasteiger partial charge in [-0.3, -0.25) is 0 Å². The van der Waals surface area contributed by atoms with Crippen LogP contribution < -0.4 is 5.32 Å². The number of aryl methyl sites for hydroxylation is 2. The van der Waals surface area contributed by atoms with Crippen LogP contribution in [0, 0.1) is 0 Å². The first-order valence-corrected chi connectivity index (χ1v) is 8.24. The Morgan fingerprint density at radius 3 is 2.50 bits per heavy atom. The molecule has 1 aliphatic carbocycles. The fourth-order valence-electron chi connectivity index (χ4n) is 3.31. The van der Waals surface area contributed by atoms with E-state index < -0.39 is 0 Å². The van der Waals surface area contributed by atoms with Gasteiger partial charge in [-0.2, -0.15) is 0 Å². The maximum absolute atomic E-state index is 3.74. The highest BCUT2D eigenvalue weighted by Gasteiger charge is 2.15. The van der Waals surface area contributed by atoms with Gasteiger partial charge in [0, 0.05) is 18.6 Å². The Balaban J connectivity index is 1.92. The molecule has 0 saturated heterocycles. The third-order valence-electron chi connectivity index (χ3n) is 4.58. The van der Waals surface area contributed by atoms with Gasteiger partial charge in [-0.15, -0.1) is 0 Å². The van der Waals surface area contributed by atoms with E-state index in [1.807, 2.05) is 0 Å². The van der Waals surface area contributed by atoms with Crippen molar-refractivity contribution in [1.82, 2.24) is 10.2 Å². The molecule has 112 valence electrons. The van der Waals surface area contributed by atoms with E-state index in [1.165, 1.54) is 24.8 Å². The van der Waals surface area contributed by atoms with Crippen molar-refractivity contribution in [3.8, 4) is 0 Å². The summed E-state index contributed by atoms with van der Waals surface area (Å²) in [5.41, 5.74) is 4.58. The van der Waals surface area contributed by atoms with Gasteiger partial charge < -0.3 is 10.2 Å².